The van der Waals surface area contributed by atoms with Gasteiger partial charge in [0.25, 0.3) is 0 Å². The number of anilines is 1. The Morgan fingerprint density at radius 1 is 1.08 bits per heavy atom. The molecule has 1 aliphatic heterocycles. The van der Waals surface area contributed by atoms with Gasteiger partial charge >= 0.3 is 11.9 Å². The highest BCUT2D eigenvalue weighted by Gasteiger charge is 2.44. The number of hydrogen-bond donors (Lipinski definition) is 2. The Kier molecular flexibility index (Phi) is 8.86. The standard InChI is InChI=1S/C26H25N3O6S/c1-4-15-7-5-6-8-19(15)28-20(30)14-36-24-18(13-27)21(22(23(31)29-24)26(33)35-3)16-9-11-17(12-10-16)25(32)34-2/h5-12,21-22H,4,14H2,1-3H3,(H,28,30)(H,29,31)/t21-,22+/m1/s1. The fourth-order valence-electron chi connectivity index (χ4n) is 3.90. The number of para-hydroxylation sites is 1. The number of esters is 2. The second kappa shape index (κ2) is 12.0. The molecule has 0 unspecified atom stereocenters. The van der Waals surface area contributed by atoms with E-state index in [0.29, 0.717) is 11.3 Å². The highest BCUT2D eigenvalue weighted by Crippen LogP contribution is 2.40. The predicted molar refractivity (Wildman–Crippen MR) is 134 cm³/mol. The van der Waals surface area contributed by atoms with Gasteiger partial charge in [-0.2, -0.15) is 5.26 Å². The zero-order chi connectivity index (χ0) is 26.2. The average Bonchev–Trinajstić information content (AvgIpc) is 2.90. The Hall–Kier alpha value is -4.10. The molecule has 0 radical (unpaired) electrons. The molecule has 36 heavy (non-hydrogen) atoms. The summed E-state index contributed by atoms with van der Waals surface area (Å²) in [6.07, 6.45) is 0.745. The predicted octanol–water partition coefficient (Wildman–Crippen LogP) is 3.15. The van der Waals surface area contributed by atoms with Crippen LogP contribution < -0.4 is 10.6 Å². The quantitative estimate of drug-likeness (QED) is 0.411. The lowest BCUT2D eigenvalue weighted by Gasteiger charge is -2.31. The maximum absolute atomic E-state index is 12.9. The van der Waals surface area contributed by atoms with Gasteiger partial charge in [0, 0.05) is 11.6 Å². The highest BCUT2D eigenvalue weighted by atomic mass is 32.2. The number of methoxy groups -OCH3 is 2. The van der Waals surface area contributed by atoms with Crippen molar-refractivity contribution in [1.29, 1.82) is 5.26 Å². The van der Waals surface area contributed by atoms with Crippen molar-refractivity contribution in [3.63, 3.8) is 0 Å². The second-order valence-electron chi connectivity index (χ2n) is 7.78. The summed E-state index contributed by atoms with van der Waals surface area (Å²) in [5.41, 5.74) is 2.53. The number of nitrogens with zero attached hydrogens (tertiary/aromatic N) is 1. The molecule has 0 bridgehead atoms. The van der Waals surface area contributed by atoms with E-state index in [1.807, 2.05) is 25.1 Å². The molecule has 0 aliphatic carbocycles. The molecule has 2 atom stereocenters. The van der Waals surface area contributed by atoms with Crippen molar-refractivity contribution in [1.82, 2.24) is 5.32 Å². The smallest absolute Gasteiger partial charge is 0.337 e. The van der Waals surface area contributed by atoms with Crippen molar-refractivity contribution in [2.75, 3.05) is 25.3 Å². The molecule has 1 aliphatic rings. The molecule has 9 nitrogen and oxygen atoms in total. The van der Waals surface area contributed by atoms with Crippen molar-refractivity contribution in [2.45, 2.75) is 19.3 Å². The monoisotopic (exact) mass is 507 g/mol. The van der Waals surface area contributed by atoms with E-state index in [1.165, 1.54) is 19.2 Å². The highest BCUT2D eigenvalue weighted by molar-refractivity contribution is 8.03. The van der Waals surface area contributed by atoms with Gasteiger partial charge in [0.05, 0.1) is 42.2 Å². The molecular weight excluding hydrogens is 482 g/mol. The summed E-state index contributed by atoms with van der Waals surface area (Å²) in [6.45, 7) is 1.98. The topological polar surface area (TPSA) is 135 Å². The molecule has 0 fully saturated rings. The van der Waals surface area contributed by atoms with Crippen LogP contribution in [0.1, 0.15) is 34.3 Å². The van der Waals surface area contributed by atoms with Crippen molar-refractivity contribution in [3.05, 3.63) is 75.8 Å². The third-order valence-corrected chi connectivity index (χ3v) is 6.71. The minimum atomic E-state index is -1.32. The number of carbonyl (C=O) groups excluding carboxylic acids is 4. The van der Waals surface area contributed by atoms with Gasteiger partial charge in [-0.3, -0.25) is 14.4 Å². The molecule has 3 rings (SSSR count). The number of thioether (sulfide) groups is 1. The molecule has 2 amide bonds. The number of nitrogens with one attached hydrogen (secondary N) is 2. The number of aryl methyl sites for hydroxylation is 1. The van der Waals surface area contributed by atoms with E-state index in [2.05, 4.69) is 16.7 Å². The molecule has 0 saturated heterocycles. The van der Waals surface area contributed by atoms with Crippen LogP contribution in [-0.2, 0) is 30.3 Å². The van der Waals surface area contributed by atoms with Crippen molar-refractivity contribution >= 4 is 41.2 Å². The van der Waals surface area contributed by atoms with Crippen molar-refractivity contribution in [3.8, 4) is 6.07 Å². The Labute approximate surface area is 212 Å². The van der Waals surface area contributed by atoms with Crippen LogP contribution in [0.25, 0.3) is 0 Å². The summed E-state index contributed by atoms with van der Waals surface area (Å²) in [6, 6.07) is 15.6. The second-order valence-corrected chi connectivity index (χ2v) is 8.77. The first-order valence-electron chi connectivity index (χ1n) is 11.1. The molecule has 2 aromatic carbocycles. The first kappa shape index (κ1) is 26.5. The SMILES string of the molecule is CCc1ccccc1NC(=O)CSC1=C(C#N)[C@@H](c2ccc(C(=O)OC)cc2)[C@H](C(=O)OC)C(=O)N1. The van der Waals surface area contributed by atoms with Gasteiger partial charge in [-0.15, -0.1) is 0 Å². The molecule has 186 valence electrons. The molecule has 10 heteroatoms. The number of allylic oxidation sites excluding steroid dienone is 1. The zero-order valence-corrected chi connectivity index (χ0v) is 20.8. The summed E-state index contributed by atoms with van der Waals surface area (Å²) in [4.78, 5) is 49.9. The third kappa shape index (κ3) is 5.75. The van der Waals surface area contributed by atoms with E-state index in [9.17, 15) is 24.4 Å². The van der Waals surface area contributed by atoms with Crippen LogP contribution in [0.15, 0.2) is 59.1 Å². The molecular formula is C26H25N3O6S. The third-order valence-electron chi connectivity index (χ3n) is 5.69. The Bertz CT molecular complexity index is 1250. The first-order chi connectivity index (χ1) is 17.3. The normalized spacial score (nSPS) is 17.0. The summed E-state index contributed by atoms with van der Waals surface area (Å²) in [5.74, 6) is -4.67. The Balaban J connectivity index is 1.91. The number of carbonyl (C=O) groups is 4. The van der Waals surface area contributed by atoms with Crippen LogP contribution in [-0.4, -0.2) is 43.7 Å². The van der Waals surface area contributed by atoms with Crippen LogP contribution in [0.5, 0.6) is 0 Å². The number of rotatable bonds is 8. The van der Waals surface area contributed by atoms with E-state index in [-0.39, 0.29) is 27.8 Å². The van der Waals surface area contributed by atoms with Crippen LogP contribution in [0.2, 0.25) is 0 Å². The summed E-state index contributed by atoms with van der Waals surface area (Å²) >= 11 is 0.993. The van der Waals surface area contributed by atoms with Crippen molar-refractivity contribution in [2.24, 2.45) is 5.92 Å². The van der Waals surface area contributed by atoms with Crippen LogP contribution >= 0.6 is 11.8 Å². The van der Waals surface area contributed by atoms with E-state index in [0.717, 1.165) is 30.9 Å². The zero-order valence-electron chi connectivity index (χ0n) is 20.0. The van der Waals surface area contributed by atoms with Crippen LogP contribution in [0.4, 0.5) is 5.69 Å². The van der Waals surface area contributed by atoms with Crippen LogP contribution in [0.3, 0.4) is 0 Å². The van der Waals surface area contributed by atoms with Crippen LogP contribution in [0, 0.1) is 17.2 Å². The van der Waals surface area contributed by atoms with Gasteiger partial charge in [0.15, 0.2) is 0 Å². The maximum Gasteiger partial charge on any atom is 0.337 e. The molecule has 0 aromatic heterocycles. The lowest BCUT2D eigenvalue weighted by Crippen LogP contribution is -2.44. The molecule has 2 N–H and O–H groups in total. The van der Waals surface area contributed by atoms with E-state index < -0.39 is 29.7 Å². The summed E-state index contributed by atoms with van der Waals surface area (Å²) in [5, 5.41) is 15.6. The van der Waals surface area contributed by atoms with Gasteiger partial charge in [0.2, 0.25) is 11.8 Å². The van der Waals surface area contributed by atoms with Crippen molar-refractivity contribution < 1.29 is 28.7 Å². The van der Waals surface area contributed by atoms with Gasteiger partial charge in [0.1, 0.15) is 5.92 Å². The number of ether oxygens (including phenoxy) is 2. The minimum Gasteiger partial charge on any atom is -0.468 e. The van der Waals surface area contributed by atoms with Gasteiger partial charge in [-0.05, 0) is 35.7 Å². The van der Waals surface area contributed by atoms with E-state index in [1.54, 1.807) is 18.2 Å². The number of hydrogen-bond acceptors (Lipinski definition) is 8. The largest absolute Gasteiger partial charge is 0.468 e. The number of amides is 2. The number of nitriles is 1. The molecule has 1 heterocycles. The minimum absolute atomic E-state index is 0.0737. The molecule has 0 spiro atoms. The maximum atomic E-state index is 12.9. The Morgan fingerprint density at radius 3 is 2.39 bits per heavy atom. The van der Waals surface area contributed by atoms with E-state index in [4.69, 9.17) is 9.47 Å². The van der Waals surface area contributed by atoms with E-state index >= 15 is 0 Å². The fourth-order valence-corrected chi connectivity index (χ4v) is 4.75. The fraction of sp³-hybridized carbons (Fsp3) is 0.269. The number of benzene rings is 2. The average molecular weight is 508 g/mol. The lowest BCUT2D eigenvalue weighted by molar-refractivity contribution is -0.150. The molecule has 0 saturated carbocycles. The lowest BCUT2D eigenvalue weighted by atomic mass is 9.78. The van der Waals surface area contributed by atoms with Gasteiger partial charge in [-0.25, -0.2) is 4.79 Å². The Morgan fingerprint density at radius 2 is 1.78 bits per heavy atom. The van der Waals surface area contributed by atoms with Gasteiger partial charge < -0.3 is 20.1 Å². The summed E-state index contributed by atoms with van der Waals surface area (Å²) in [7, 11) is 2.41. The van der Waals surface area contributed by atoms with Gasteiger partial charge in [-0.1, -0.05) is 49.0 Å². The molecule has 2 aromatic rings. The summed E-state index contributed by atoms with van der Waals surface area (Å²) < 4.78 is 9.54. The first-order valence-corrected chi connectivity index (χ1v) is 12.0.